The summed E-state index contributed by atoms with van der Waals surface area (Å²) in [6.07, 6.45) is 2.15. The monoisotopic (exact) mass is 324 g/mol. The van der Waals surface area contributed by atoms with E-state index in [-0.39, 0.29) is 30.6 Å². The second-order valence-corrected chi connectivity index (χ2v) is 8.30. The summed E-state index contributed by atoms with van der Waals surface area (Å²) in [5.41, 5.74) is -0.987. The molecule has 23 heavy (non-hydrogen) atoms. The maximum absolute atomic E-state index is 12.7. The van der Waals surface area contributed by atoms with Crippen LogP contribution in [0.4, 0.5) is 0 Å². The van der Waals surface area contributed by atoms with Gasteiger partial charge < -0.3 is 14.9 Å². The maximum atomic E-state index is 12.7. The molecule has 2 rings (SSSR count). The number of nitrogens with zero attached hydrogens (tertiary/aromatic N) is 2. The van der Waals surface area contributed by atoms with Crippen molar-refractivity contribution in [3.8, 4) is 0 Å². The van der Waals surface area contributed by atoms with E-state index in [9.17, 15) is 14.4 Å². The lowest BCUT2D eigenvalue weighted by Gasteiger charge is -2.48. The van der Waals surface area contributed by atoms with E-state index in [0.29, 0.717) is 19.6 Å². The average Bonchev–Trinajstić information content (AvgIpc) is 3.17. The average molecular weight is 324 g/mol. The largest absolute Gasteiger partial charge is 0.481 e. The Morgan fingerprint density at radius 3 is 2.22 bits per heavy atom. The van der Waals surface area contributed by atoms with Crippen molar-refractivity contribution < 1.29 is 19.5 Å². The molecule has 130 valence electrons. The van der Waals surface area contributed by atoms with Crippen LogP contribution in [0.15, 0.2) is 0 Å². The first-order valence-corrected chi connectivity index (χ1v) is 8.33. The quantitative estimate of drug-likeness (QED) is 0.835. The van der Waals surface area contributed by atoms with E-state index < -0.39 is 16.9 Å². The number of rotatable bonds is 5. The van der Waals surface area contributed by atoms with Gasteiger partial charge in [0.05, 0.1) is 12.0 Å². The molecule has 1 saturated heterocycles. The Labute approximate surface area is 137 Å². The number of piperazine rings is 1. The highest BCUT2D eigenvalue weighted by Gasteiger charge is 2.42. The third-order valence-corrected chi connectivity index (χ3v) is 4.70. The molecule has 0 bridgehead atoms. The summed E-state index contributed by atoms with van der Waals surface area (Å²) in [6.45, 7) is 9.20. The Morgan fingerprint density at radius 2 is 1.74 bits per heavy atom. The van der Waals surface area contributed by atoms with Crippen molar-refractivity contribution in [2.45, 2.75) is 58.9 Å². The van der Waals surface area contributed by atoms with Crippen LogP contribution < -0.4 is 0 Å². The minimum Gasteiger partial charge on any atom is -0.481 e. The first-order valence-electron chi connectivity index (χ1n) is 8.33. The van der Waals surface area contributed by atoms with E-state index in [4.69, 9.17) is 5.11 Å². The van der Waals surface area contributed by atoms with Gasteiger partial charge in [0.2, 0.25) is 11.8 Å². The zero-order chi connectivity index (χ0) is 17.4. The van der Waals surface area contributed by atoms with Crippen molar-refractivity contribution >= 4 is 17.8 Å². The number of carbonyl (C=O) groups is 3. The van der Waals surface area contributed by atoms with Gasteiger partial charge in [-0.15, -0.1) is 0 Å². The molecule has 1 aliphatic heterocycles. The van der Waals surface area contributed by atoms with Crippen LogP contribution in [-0.4, -0.2) is 57.9 Å². The Hall–Kier alpha value is -1.59. The summed E-state index contributed by atoms with van der Waals surface area (Å²) in [4.78, 5) is 39.5. The number of carbonyl (C=O) groups excluding carboxylic acids is 2. The van der Waals surface area contributed by atoms with E-state index in [2.05, 4.69) is 0 Å². The molecule has 0 aromatic carbocycles. The molecule has 2 aliphatic rings. The molecule has 0 radical (unpaired) electrons. The summed E-state index contributed by atoms with van der Waals surface area (Å²) in [5.74, 6) is -0.499. The zero-order valence-electron chi connectivity index (χ0n) is 14.6. The fourth-order valence-electron chi connectivity index (χ4n) is 3.37. The minimum absolute atomic E-state index is 0.0280. The fraction of sp³-hybridized carbons (Fsp3) is 0.824. The van der Waals surface area contributed by atoms with Crippen LogP contribution in [0.1, 0.15) is 53.4 Å². The Kier molecular flexibility index (Phi) is 4.74. The highest BCUT2D eigenvalue weighted by Crippen LogP contribution is 2.34. The predicted octanol–water partition coefficient (Wildman–Crippen LogP) is 1.74. The van der Waals surface area contributed by atoms with Crippen LogP contribution in [0.5, 0.6) is 0 Å². The van der Waals surface area contributed by atoms with Gasteiger partial charge in [-0.2, -0.15) is 0 Å². The predicted molar refractivity (Wildman–Crippen MR) is 85.7 cm³/mol. The second kappa shape index (κ2) is 6.13. The molecule has 2 amide bonds. The normalized spacial score (nSPS) is 21.2. The van der Waals surface area contributed by atoms with E-state index in [0.717, 1.165) is 12.8 Å². The number of hydrogen-bond donors (Lipinski definition) is 1. The van der Waals surface area contributed by atoms with Gasteiger partial charge in [-0.1, -0.05) is 13.8 Å². The van der Waals surface area contributed by atoms with Crippen molar-refractivity contribution in [2.75, 3.05) is 19.6 Å². The van der Waals surface area contributed by atoms with Crippen molar-refractivity contribution in [1.82, 2.24) is 9.80 Å². The molecular weight excluding hydrogens is 296 g/mol. The van der Waals surface area contributed by atoms with Gasteiger partial charge in [0, 0.05) is 32.0 Å². The summed E-state index contributed by atoms with van der Waals surface area (Å²) >= 11 is 0. The van der Waals surface area contributed by atoms with Crippen molar-refractivity contribution in [3.63, 3.8) is 0 Å². The molecule has 0 atom stereocenters. The standard InChI is InChI=1S/C17H28N2O4/c1-16(2,10-14(21)22)9-13(20)19-8-7-18(11-17(19,3)4)15(23)12-5-6-12/h12H,5-11H2,1-4H3,(H,21,22). The van der Waals surface area contributed by atoms with Gasteiger partial charge in [-0.05, 0) is 32.1 Å². The number of aliphatic carboxylic acids is 1. The van der Waals surface area contributed by atoms with Gasteiger partial charge >= 0.3 is 5.97 Å². The number of carboxylic acid groups (broad SMARTS) is 1. The summed E-state index contributed by atoms with van der Waals surface area (Å²) in [7, 11) is 0. The third-order valence-electron chi connectivity index (χ3n) is 4.70. The lowest BCUT2D eigenvalue weighted by Crippen LogP contribution is -2.62. The summed E-state index contributed by atoms with van der Waals surface area (Å²) in [5, 5.41) is 8.96. The highest BCUT2D eigenvalue weighted by atomic mass is 16.4. The number of hydrogen-bond acceptors (Lipinski definition) is 3. The van der Waals surface area contributed by atoms with Crippen LogP contribution in [0.25, 0.3) is 0 Å². The van der Waals surface area contributed by atoms with Gasteiger partial charge in [0.15, 0.2) is 0 Å². The first-order chi connectivity index (χ1) is 10.5. The number of carboxylic acids is 1. The molecule has 0 spiro atoms. The van der Waals surface area contributed by atoms with Crippen LogP contribution >= 0.6 is 0 Å². The molecule has 1 saturated carbocycles. The molecule has 1 N–H and O–H groups in total. The van der Waals surface area contributed by atoms with Crippen LogP contribution in [0.2, 0.25) is 0 Å². The Balaban J connectivity index is 1.98. The fourth-order valence-corrected chi connectivity index (χ4v) is 3.37. The lowest BCUT2D eigenvalue weighted by molar-refractivity contribution is -0.150. The van der Waals surface area contributed by atoms with Crippen LogP contribution in [0, 0.1) is 11.3 Å². The molecule has 0 aromatic heterocycles. The molecule has 6 nitrogen and oxygen atoms in total. The van der Waals surface area contributed by atoms with E-state index >= 15 is 0 Å². The van der Waals surface area contributed by atoms with Gasteiger partial charge in [0.1, 0.15) is 0 Å². The number of amides is 2. The van der Waals surface area contributed by atoms with E-state index in [1.165, 1.54) is 0 Å². The molecule has 2 fully saturated rings. The molecule has 0 aromatic rings. The Morgan fingerprint density at radius 1 is 1.13 bits per heavy atom. The van der Waals surface area contributed by atoms with E-state index in [1.54, 1.807) is 13.8 Å². The smallest absolute Gasteiger partial charge is 0.303 e. The lowest BCUT2D eigenvalue weighted by atomic mass is 9.84. The van der Waals surface area contributed by atoms with Crippen molar-refractivity contribution in [3.05, 3.63) is 0 Å². The van der Waals surface area contributed by atoms with Crippen molar-refractivity contribution in [2.24, 2.45) is 11.3 Å². The van der Waals surface area contributed by atoms with E-state index in [1.807, 2.05) is 23.6 Å². The topological polar surface area (TPSA) is 77.9 Å². The molecular formula is C17H28N2O4. The van der Waals surface area contributed by atoms with Gasteiger partial charge in [-0.3, -0.25) is 14.4 Å². The summed E-state index contributed by atoms with van der Waals surface area (Å²) in [6, 6.07) is 0. The van der Waals surface area contributed by atoms with Crippen molar-refractivity contribution in [1.29, 1.82) is 0 Å². The molecule has 1 heterocycles. The molecule has 6 heteroatoms. The van der Waals surface area contributed by atoms with Gasteiger partial charge in [-0.25, -0.2) is 0 Å². The SMILES string of the molecule is CC(C)(CC(=O)O)CC(=O)N1CCN(C(=O)C2CC2)CC1(C)C. The Bertz CT molecular complexity index is 509. The first kappa shape index (κ1) is 17.8. The molecule has 0 unspecified atom stereocenters. The maximum Gasteiger partial charge on any atom is 0.303 e. The minimum atomic E-state index is -0.887. The van der Waals surface area contributed by atoms with Gasteiger partial charge in [0.25, 0.3) is 0 Å². The third kappa shape index (κ3) is 4.45. The summed E-state index contributed by atoms with van der Waals surface area (Å²) < 4.78 is 0. The zero-order valence-corrected chi connectivity index (χ0v) is 14.6. The van der Waals surface area contributed by atoms with Crippen LogP contribution in [-0.2, 0) is 14.4 Å². The van der Waals surface area contributed by atoms with Crippen LogP contribution in [0.3, 0.4) is 0 Å². The second-order valence-electron chi connectivity index (χ2n) is 8.30. The highest BCUT2D eigenvalue weighted by molar-refractivity contribution is 5.82. The molecule has 1 aliphatic carbocycles.